The maximum Gasteiger partial charge on any atom is 0.323 e. The molecule has 1 aromatic heterocycles. The molecule has 1 fully saturated rings. The van der Waals surface area contributed by atoms with Crippen LogP contribution in [0.3, 0.4) is 0 Å². The molecule has 1 aliphatic heterocycles. The lowest BCUT2D eigenvalue weighted by Gasteiger charge is -2.21. The van der Waals surface area contributed by atoms with Gasteiger partial charge < -0.3 is 9.84 Å². The maximum atomic E-state index is 11.9. The van der Waals surface area contributed by atoms with Gasteiger partial charge in [-0.2, -0.15) is 4.68 Å². The van der Waals surface area contributed by atoms with Crippen molar-refractivity contribution in [1.29, 1.82) is 0 Å². The van der Waals surface area contributed by atoms with E-state index in [4.69, 9.17) is 17.0 Å². The minimum atomic E-state index is -0.576. The molecule has 9 heteroatoms. The van der Waals surface area contributed by atoms with Gasteiger partial charge in [0.05, 0.1) is 25.6 Å². The van der Waals surface area contributed by atoms with Crippen LogP contribution < -0.4 is 0 Å². The normalized spacial score (nSPS) is 20.8. The van der Waals surface area contributed by atoms with Crippen molar-refractivity contribution in [2.24, 2.45) is 0 Å². The second-order valence-corrected chi connectivity index (χ2v) is 6.73. The largest absolute Gasteiger partial charge is 0.468 e. The van der Waals surface area contributed by atoms with Gasteiger partial charge in [0.25, 0.3) is 0 Å². The van der Waals surface area contributed by atoms with Crippen molar-refractivity contribution < 1.29 is 14.6 Å². The molecule has 0 spiro atoms. The third kappa shape index (κ3) is 3.63. The molecule has 1 saturated heterocycles. The van der Waals surface area contributed by atoms with Gasteiger partial charge in [0.2, 0.25) is 4.77 Å². The number of aromatic nitrogens is 4. The summed E-state index contributed by atoms with van der Waals surface area (Å²) >= 11 is 5.49. The van der Waals surface area contributed by atoms with E-state index in [2.05, 4.69) is 16.5 Å². The van der Waals surface area contributed by atoms with Crippen LogP contribution in [0.15, 0.2) is 18.2 Å². The zero-order valence-corrected chi connectivity index (χ0v) is 15.2. The van der Waals surface area contributed by atoms with Crippen LogP contribution in [0, 0.1) is 18.6 Å². The van der Waals surface area contributed by atoms with E-state index in [1.54, 1.807) is 14.3 Å². The molecular weight excluding hydrogens is 342 g/mol. The van der Waals surface area contributed by atoms with Crippen molar-refractivity contribution >= 4 is 18.2 Å². The monoisotopic (exact) mass is 363 g/mol. The number of aliphatic hydroxyl groups excluding tert-OH is 1. The topological polar surface area (TPSA) is 85.4 Å². The molecule has 3 rings (SSSR count). The Kier molecular flexibility index (Phi) is 4.98. The van der Waals surface area contributed by atoms with Crippen molar-refractivity contribution in [3.63, 3.8) is 0 Å². The van der Waals surface area contributed by atoms with Crippen LogP contribution >= 0.6 is 12.2 Å². The number of hydrogen-bond donors (Lipinski definition) is 1. The first-order valence-electron chi connectivity index (χ1n) is 8.00. The number of rotatable bonds is 4. The third-order valence-electron chi connectivity index (χ3n) is 4.26. The minimum absolute atomic E-state index is 0.264. The van der Waals surface area contributed by atoms with E-state index in [-0.39, 0.29) is 12.6 Å². The van der Waals surface area contributed by atoms with Gasteiger partial charge in [-0.05, 0) is 59.8 Å². The van der Waals surface area contributed by atoms with Crippen molar-refractivity contribution in [1.82, 2.24) is 24.7 Å². The summed E-state index contributed by atoms with van der Waals surface area (Å²) < 4.78 is 8.37. The average Bonchev–Trinajstić information content (AvgIpc) is 3.09. The Morgan fingerprint density at radius 2 is 2.00 bits per heavy atom. The predicted molar refractivity (Wildman–Crippen MR) is 92.8 cm³/mol. The maximum absolute atomic E-state index is 11.9. The van der Waals surface area contributed by atoms with Gasteiger partial charge >= 0.3 is 5.97 Å². The number of carbonyl (C=O) groups excluding carboxylic acids is 1. The summed E-state index contributed by atoms with van der Waals surface area (Å²) in [5.74, 6) is -0.371. The molecule has 134 valence electrons. The van der Waals surface area contributed by atoms with Crippen LogP contribution in [-0.4, -0.2) is 61.6 Å². The number of nitrogens with zero attached hydrogens (tertiary/aromatic N) is 5. The lowest BCUT2D eigenvalue weighted by molar-refractivity contribution is -0.146. The highest BCUT2D eigenvalue weighted by Crippen LogP contribution is 2.20. The Morgan fingerprint density at radius 3 is 2.64 bits per heavy atom. The van der Waals surface area contributed by atoms with Crippen molar-refractivity contribution in [2.75, 3.05) is 13.7 Å². The Balaban J connectivity index is 1.86. The number of carbonyl (C=O) groups is 1. The number of aliphatic hydroxyl groups is 1. The number of β-amino-alcohol motifs (C(OH)–C–C–N with tert-alkyl or cyclic N) is 1. The number of benzene rings is 1. The summed E-state index contributed by atoms with van der Waals surface area (Å²) in [6, 6.07) is 5.54. The molecule has 25 heavy (non-hydrogen) atoms. The Morgan fingerprint density at radius 1 is 1.32 bits per heavy atom. The van der Waals surface area contributed by atoms with E-state index in [1.165, 1.54) is 7.11 Å². The lowest BCUT2D eigenvalue weighted by Crippen LogP contribution is -2.38. The van der Waals surface area contributed by atoms with E-state index in [1.807, 2.05) is 26.0 Å². The van der Waals surface area contributed by atoms with Crippen LogP contribution in [0.2, 0.25) is 0 Å². The van der Waals surface area contributed by atoms with E-state index in [0.29, 0.717) is 17.7 Å². The van der Waals surface area contributed by atoms with Gasteiger partial charge in [0.1, 0.15) is 6.04 Å². The molecule has 1 N–H and O–H groups in total. The fourth-order valence-electron chi connectivity index (χ4n) is 3.19. The van der Waals surface area contributed by atoms with E-state index in [0.717, 1.165) is 16.8 Å². The molecule has 1 aliphatic rings. The van der Waals surface area contributed by atoms with Crippen LogP contribution in [-0.2, 0) is 16.2 Å². The average molecular weight is 363 g/mol. The van der Waals surface area contributed by atoms with Crippen molar-refractivity contribution in [2.45, 2.75) is 39.1 Å². The molecule has 0 saturated carbocycles. The molecule has 0 bridgehead atoms. The molecule has 8 nitrogen and oxygen atoms in total. The number of ether oxygens (including phenoxy) is 1. The van der Waals surface area contributed by atoms with Crippen molar-refractivity contribution in [3.05, 3.63) is 34.1 Å². The third-order valence-corrected chi connectivity index (χ3v) is 4.64. The number of aryl methyl sites for hydroxylation is 2. The highest BCUT2D eigenvalue weighted by molar-refractivity contribution is 7.71. The van der Waals surface area contributed by atoms with E-state index in [9.17, 15) is 9.90 Å². The Hall–Kier alpha value is -2.10. The SMILES string of the molecule is COC(=O)[C@@H]1C[C@@H](O)CN1Cn1nnn(-c2cc(C)cc(C)c2)c1=S. The highest BCUT2D eigenvalue weighted by atomic mass is 32.1. The summed E-state index contributed by atoms with van der Waals surface area (Å²) in [6.07, 6.45) is -0.238. The van der Waals surface area contributed by atoms with E-state index < -0.39 is 12.1 Å². The summed E-state index contributed by atoms with van der Waals surface area (Å²) in [5, 5.41) is 18.1. The van der Waals surface area contributed by atoms with Gasteiger partial charge in [-0.3, -0.25) is 9.69 Å². The van der Waals surface area contributed by atoms with Gasteiger partial charge in [-0.25, -0.2) is 4.68 Å². The zero-order valence-electron chi connectivity index (χ0n) is 14.4. The first-order chi connectivity index (χ1) is 11.9. The molecule has 2 heterocycles. The van der Waals surface area contributed by atoms with Gasteiger partial charge in [-0.15, -0.1) is 0 Å². The Bertz CT molecular complexity index is 826. The molecule has 1 aromatic carbocycles. The molecule has 2 atom stereocenters. The van der Waals surface area contributed by atoms with Crippen LogP contribution in [0.5, 0.6) is 0 Å². The van der Waals surface area contributed by atoms with Gasteiger partial charge in [0, 0.05) is 13.0 Å². The second kappa shape index (κ2) is 7.03. The Labute approximate surface area is 150 Å². The fourth-order valence-corrected chi connectivity index (χ4v) is 3.42. The molecule has 2 aromatic rings. The molecular formula is C16H21N5O3S. The van der Waals surface area contributed by atoms with E-state index >= 15 is 0 Å². The molecule has 0 amide bonds. The molecule has 0 unspecified atom stereocenters. The standard InChI is InChI=1S/C16H21N5O3S/c1-10-4-11(2)6-12(5-10)21-16(25)20(17-18-21)9-19-8-13(22)7-14(19)15(23)24-3/h4-6,13-14,22H,7-9H2,1-3H3/t13-,14+/m1/s1. The molecule has 0 aliphatic carbocycles. The van der Waals surface area contributed by atoms with Gasteiger partial charge in [-0.1, -0.05) is 6.07 Å². The fraction of sp³-hybridized carbons (Fsp3) is 0.500. The van der Waals surface area contributed by atoms with Gasteiger partial charge in [0.15, 0.2) is 0 Å². The number of tetrazole rings is 1. The second-order valence-electron chi connectivity index (χ2n) is 6.36. The number of methoxy groups -OCH3 is 1. The quantitative estimate of drug-likeness (QED) is 0.640. The minimum Gasteiger partial charge on any atom is -0.468 e. The van der Waals surface area contributed by atoms with Crippen LogP contribution in [0.25, 0.3) is 5.69 Å². The zero-order chi connectivity index (χ0) is 18.1. The number of likely N-dealkylation sites (tertiary alicyclic amines) is 1. The summed E-state index contributed by atoms with van der Waals surface area (Å²) in [5.41, 5.74) is 3.07. The molecule has 0 radical (unpaired) electrons. The summed E-state index contributed by atoms with van der Waals surface area (Å²) in [6.45, 7) is 4.65. The smallest absolute Gasteiger partial charge is 0.323 e. The number of hydrogen-bond acceptors (Lipinski definition) is 7. The van der Waals surface area contributed by atoms with Crippen LogP contribution in [0.4, 0.5) is 0 Å². The lowest BCUT2D eigenvalue weighted by atomic mass is 10.1. The predicted octanol–water partition coefficient (Wildman–Crippen LogP) is 0.981. The van der Waals surface area contributed by atoms with Crippen molar-refractivity contribution in [3.8, 4) is 5.69 Å². The van der Waals surface area contributed by atoms with Crippen LogP contribution in [0.1, 0.15) is 17.5 Å². The first-order valence-corrected chi connectivity index (χ1v) is 8.41. The summed E-state index contributed by atoms with van der Waals surface area (Å²) in [7, 11) is 1.34. The highest BCUT2D eigenvalue weighted by Gasteiger charge is 2.37. The first kappa shape index (κ1) is 17.7. The number of esters is 1. The summed E-state index contributed by atoms with van der Waals surface area (Å²) in [4.78, 5) is 13.7.